The smallest absolute Gasteiger partial charge is 0.272 e. The molecule has 0 aliphatic carbocycles. The Hall–Kier alpha value is -3.21. The van der Waals surface area contributed by atoms with Crippen LogP contribution in [0.15, 0.2) is 28.9 Å². The van der Waals surface area contributed by atoms with E-state index in [1.54, 1.807) is 6.07 Å². The Morgan fingerprint density at radius 3 is 2.77 bits per heavy atom. The van der Waals surface area contributed by atoms with Gasteiger partial charge in [-0.3, -0.25) is 19.5 Å². The maximum absolute atomic E-state index is 14.1. The van der Waals surface area contributed by atoms with Gasteiger partial charge < -0.3 is 21.4 Å². The third-order valence-corrected chi connectivity index (χ3v) is 4.08. The average molecular weight is 423 g/mol. The van der Waals surface area contributed by atoms with Gasteiger partial charge in [-0.1, -0.05) is 6.07 Å². The molecule has 6 N–H and O–H groups in total. The fourth-order valence-corrected chi connectivity index (χ4v) is 2.59. The summed E-state index contributed by atoms with van der Waals surface area (Å²) in [6.07, 6.45) is 1.23. The number of hydrogen-bond donors (Lipinski definition) is 5. The van der Waals surface area contributed by atoms with Gasteiger partial charge in [-0.25, -0.2) is 4.39 Å². The lowest BCUT2D eigenvalue weighted by Gasteiger charge is -2.05. The number of nitrogens with one attached hydrogen (secondary N) is 4. The van der Waals surface area contributed by atoms with Gasteiger partial charge in [0.25, 0.3) is 11.8 Å². The minimum atomic E-state index is -0.713. The van der Waals surface area contributed by atoms with Crippen LogP contribution in [0, 0.1) is 5.82 Å². The van der Waals surface area contributed by atoms with Crippen molar-refractivity contribution in [2.24, 2.45) is 5.73 Å². The third-order valence-electron chi connectivity index (χ3n) is 3.47. The molecule has 0 atom stereocenters. The number of hydrogen-bond acceptors (Lipinski definition) is 4. The molecule has 26 heavy (non-hydrogen) atoms. The van der Waals surface area contributed by atoms with E-state index in [0.29, 0.717) is 5.39 Å². The lowest BCUT2D eigenvalue weighted by atomic mass is 10.2. The Labute approximate surface area is 153 Å². The number of nitrogens with zero attached hydrogens (tertiary/aromatic N) is 1. The van der Waals surface area contributed by atoms with Gasteiger partial charge in [0.2, 0.25) is 5.91 Å². The minimum absolute atomic E-state index is 0.0513. The zero-order chi connectivity index (χ0) is 18.8. The van der Waals surface area contributed by atoms with E-state index in [2.05, 4.69) is 41.7 Å². The number of rotatable bonds is 5. The third kappa shape index (κ3) is 3.42. The second-order valence-corrected chi connectivity index (χ2v) is 6.12. The van der Waals surface area contributed by atoms with E-state index in [0.717, 1.165) is 0 Å². The summed E-state index contributed by atoms with van der Waals surface area (Å²) in [4.78, 5) is 37.8. The molecule has 2 heterocycles. The number of benzene rings is 1. The number of aromatic nitrogens is 3. The molecule has 0 saturated carbocycles. The Kier molecular flexibility index (Phi) is 4.71. The van der Waals surface area contributed by atoms with Crippen LogP contribution in [0.2, 0.25) is 0 Å². The summed E-state index contributed by atoms with van der Waals surface area (Å²) in [5.41, 5.74) is 5.28. The SMILES string of the molecule is NC(=O)CNC(=O)c1[nH]ncc1NC(=O)c1cc2ccc(Br)c(F)c2[nH]1. The molecule has 11 heteroatoms. The first-order chi connectivity index (χ1) is 12.4. The molecule has 1 aromatic carbocycles. The second kappa shape index (κ2) is 6.96. The van der Waals surface area contributed by atoms with Crippen LogP contribution < -0.4 is 16.4 Å². The zero-order valence-corrected chi connectivity index (χ0v) is 14.6. The molecule has 0 bridgehead atoms. The fourth-order valence-electron chi connectivity index (χ4n) is 2.26. The van der Waals surface area contributed by atoms with Gasteiger partial charge in [0.15, 0.2) is 5.82 Å². The monoisotopic (exact) mass is 422 g/mol. The van der Waals surface area contributed by atoms with Gasteiger partial charge in [-0.05, 0) is 28.1 Å². The van der Waals surface area contributed by atoms with Crippen molar-refractivity contribution in [3.8, 4) is 0 Å². The van der Waals surface area contributed by atoms with Crippen LogP contribution in [0.1, 0.15) is 21.0 Å². The van der Waals surface area contributed by atoms with Gasteiger partial charge in [-0.15, -0.1) is 0 Å². The number of primary amides is 1. The van der Waals surface area contributed by atoms with Crippen LogP contribution in [0.4, 0.5) is 10.1 Å². The topological polar surface area (TPSA) is 146 Å². The van der Waals surface area contributed by atoms with Crippen molar-refractivity contribution < 1.29 is 18.8 Å². The molecular formula is C15H12BrFN6O3. The molecule has 0 radical (unpaired) electrons. The summed E-state index contributed by atoms with van der Waals surface area (Å²) in [5, 5.41) is 11.4. The van der Waals surface area contributed by atoms with Crippen molar-refractivity contribution in [1.82, 2.24) is 20.5 Å². The molecule has 3 rings (SSSR count). The molecule has 3 aromatic rings. The number of H-pyrrole nitrogens is 2. The number of anilines is 1. The molecule has 0 spiro atoms. The summed E-state index contributed by atoms with van der Waals surface area (Å²) in [6, 6.07) is 4.66. The van der Waals surface area contributed by atoms with E-state index in [1.165, 1.54) is 18.3 Å². The molecule has 3 amide bonds. The van der Waals surface area contributed by atoms with Gasteiger partial charge in [0.05, 0.1) is 28.4 Å². The molecule has 0 aliphatic heterocycles. The van der Waals surface area contributed by atoms with Crippen LogP contribution in [0.3, 0.4) is 0 Å². The zero-order valence-electron chi connectivity index (χ0n) is 13.0. The number of fused-ring (bicyclic) bond motifs is 1. The highest BCUT2D eigenvalue weighted by molar-refractivity contribution is 9.10. The summed E-state index contributed by atoms with van der Waals surface area (Å²) in [6.45, 7) is -0.360. The van der Waals surface area contributed by atoms with Crippen LogP contribution in [-0.2, 0) is 4.79 Å². The van der Waals surface area contributed by atoms with Crippen molar-refractivity contribution in [2.45, 2.75) is 0 Å². The highest BCUT2D eigenvalue weighted by Gasteiger charge is 2.19. The highest BCUT2D eigenvalue weighted by Crippen LogP contribution is 2.25. The first-order valence-electron chi connectivity index (χ1n) is 7.24. The van der Waals surface area contributed by atoms with Crippen LogP contribution in [0.5, 0.6) is 0 Å². The number of nitrogens with two attached hydrogens (primary N) is 1. The predicted octanol–water partition coefficient (Wildman–Crippen LogP) is 1.26. The van der Waals surface area contributed by atoms with Crippen LogP contribution in [0.25, 0.3) is 10.9 Å². The van der Waals surface area contributed by atoms with Crippen molar-refractivity contribution >= 4 is 50.2 Å². The fraction of sp³-hybridized carbons (Fsp3) is 0.0667. The Morgan fingerprint density at radius 1 is 1.27 bits per heavy atom. The van der Waals surface area contributed by atoms with E-state index in [1.807, 2.05) is 0 Å². The van der Waals surface area contributed by atoms with Gasteiger partial charge in [0.1, 0.15) is 11.4 Å². The molecule has 0 fully saturated rings. The predicted molar refractivity (Wildman–Crippen MR) is 94.0 cm³/mol. The van der Waals surface area contributed by atoms with Crippen molar-refractivity contribution in [2.75, 3.05) is 11.9 Å². The summed E-state index contributed by atoms with van der Waals surface area (Å²) in [5.74, 6) is -2.49. The first kappa shape index (κ1) is 17.6. The maximum Gasteiger partial charge on any atom is 0.272 e. The van der Waals surface area contributed by atoms with E-state index >= 15 is 0 Å². The molecule has 0 unspecified atom stereocenters. The second-order valence-electron chi connectivity index (χ2n) is 5.27. The maximum atomic E-state index is 14.1. The summed E-state index contributed by atoms with van der Waals surface area (Å²) < 4.78 is 14.3. The number of carbonyl (C=O) groups excluding carboxylic acids is 3. The summed E-state index contributed by atoms with van der Waals surface area (Å²) >= 11 is 3.08. The lowest BCUT2D eigenvalue weighted by Crippen LogP contribution is -2.34. The quantitative estimate of drug-likeness (QED) is 0.421. The van der Waals surface area contributed by atoms with E-state index in [-0.39, 0.29) is 33.6 Å². The molecular weight excluding hydrogens is 411 g/mol. The largest absolute Gasteiger partial charge is 0.368 e. The number of halogens is 2. The molecule has 0 aliphatic rings. The minimum Gasteiger partial charge on any atom is -0.368 e. The average Bonchev–Trinajstić information content (AvgIpc) is 3.23. The molecule has 134 valence electrons. The Morgan fingerprint density at radius 2 is 2.04 bits per heavy atom. The lowest BCUT2D eigenvalue weighted by molar-refractivity contribution is -0.117. The number of aromatic amines is 2. The standard InChI is InChI=1S/C15H12BrFN6O3/c16-7-2-1-6-3-8(21-12(6)11(7)17)14(25)22-9-4-20-23-13(9)15(26)19-5-10(18)24/h1-4,21H,5H2,(H2,18,24)(H,19,26)(H,20,23)(H,22,25). The molecule has 0 saturated heterocycles. The highest BCUT2D eigenvalue weighted by atomic mass is 79.9. The number of carbonyl (C=O) groups is 3. The van der Waals surface area contributed by atoms with Crippen LogP contribution in [-0.4, -0.2) is 39.4 Å². The van der Waals surface area contributed by atoms with Gasteiger partial charge >= 0.3 is 0 Å². The van der Waals surface area contributed by atoms with Gasteiger partial charge in [0, 0.05) is 5.39 Å². The molecule has 9 nitrogen and oxygen atoms in total. The van der Waals surface area contributed by atoms with Crippen molar-refractivity contribution in [3.63, 3.8) is 0 Å². The normalized spacial score (nSPS) is 10.7. The number of amides is 3. The van der Waals surface area contributed by atoms with E-state index in [4.69, 9.17) is 5.73 Å². The van der Waals surface area contributed by atoms with Crippen molar-refractivity contribution in [3.05, 3.63) is 46.1 Å². The molecule has 2 aromatic heterocycles. The van der Waals surface area contributed by atoms with Gasteiger partial charge in [-0.2, -0.15) is 5.10 Å². The summed E-state index contributed by atoms with van der Waals surface area (Å²) in [7, 11) is 0. The van der Waals surface area contributed by atoms with Crippen molar-refractivity contribution in [1.29, 1.82) is 0 Å². The first-order valence-corrected chi connectivity index (χ1v) is 8.04. The van der Waals surface area contributed by atoms with Crippen LogP contribution >= 0.6 is 15.9 Å². The Balaban J connectivity index is 1.81. The van der Waals surface area contributed by atoms with E-state index in [9.17, 15) is 18.8 Å². The van der Waals surface area contributed by atoms with E-state index < -0.39 is 23.5 Å². The Bertz CT molecular complexity index is 1030.